The topological polar surface area (TPSA) is 68.0 Å². The van der Waals surface area contributed by atoms with E-state index in [9.17, 15) is 0 Å². The molecule has 5 nitrogen and oxygen atoms in total. The highest BCUT2D eigenvalue weighted by Crippen LogP contribution is 2.14. The van der Waals surface area contributed by atoms with Gasteiger partial charge in [-0.15, -0.1) is 0 Å². The fourth-order valence-corrected chi connectivity index (χ4v) is 1.36. The smallest absolute Gasteiger partial charge is 0.0773 e. The van der Waals surface area contributed by atoms with Crippen molar-refractivity contribution in [2.75, 3.05) is 47.1 Å². The predicted molar refractivity (Wildman–Crippen MR) is 69.1 cm³/mol. The molecule has 0 aromatic heterocycles. The van der Waals surface area contributed by atoms with Gasteiger partial charge in [0.15, 0.2) is 0 Å². The molecule has 0 aromatic carbocycles. The van der Waals surface area contributed by atoms with Gasteiger partial charge in [-0.25, -0.2) is 0 Å². The van der Waals surface area contributed by atoms with Crippen molar-refractivity contribution in [3.05, 3.63) is 0 Å². The van der Waals surface area contributed by atoms with Crippen molar-refractivity contribution in [1.82, 2.24) is 4.90 Å². The first kappa shape index (κ1) is 16.8. The van der Waals surface area contributed by atoms with E-state index < -0.39 is 0 Å². The van der Waals surface area contributed by atoms with Crippen LogP contribution < -0.4 is 5.73 Å². The minimum atomic E-state index is -0.284. The van der Waals surface area contributed by atoms with E-state index in [1.165, 1.54) is 0 Å². The second-order valence-electron chi connectivity index (χ2n) is 4.84. The Hall–Kier alpha value is -0.200. The number of hydrogen-bond acceptors (Lipinski definition) is 5. The fraction of sp³-hybridized carbons (Fsp3) is 1.00. The molecule has 1 atom stereocenters. The van der Waals surface area contributed by atoms with E-state index >= 15 is 0 Å². The lowest BCUT2D eigenvalue weighted by Crippen LogP contribution is -2.46. The average Bonchev–Trinajstić information content (AvgIpc) is 2.31. The third-order valence-electron chi connectivity index (χ3n) is 3.09. The number of aliphatic hydroxyl groups excluding tert-OH is 1. The highest BCUT2D eigenvalue weighted by Gasteiger charge is 2.25. The predicted octanol–water partition coefficient (Wildman–Crippen LogP) is 0.0695. The van der Waals surface area contributed by atoms with Crippen LogP contribution in [-0.2, 0) is 9.47 Å². The largest absolute Gasteiger partial charge is 0.394 e. The van der Waals surface area contributed by atoms with Crippen molar-refractivity contribution in [1.29, 1.82) is 0 Å². The van der Waals surface area contributed by atoms with Crippen LogP contribution in [0.5, 0.6) is 0 Å². The van der Waals surface area contributed by atoms with Crippen LogP contribution in [0.4, 0.5) is 0 Å². The first-order valence-electron chi connectivity index (χ1n) is 6.12. The molecule has 17 heavy (non-hydrogen) atoms. The quantitative estimate of drug-likeness (QED) is 0.536. The summed E-state index contributed by atoms with van der Waals surface area (Å²) in [6, 6.07) is 0.0216. The van der Waals surface area contributed by atoms with Crippen molar-refractivity contribution in [2.24, 2.45) is 5.73 Å². The molecule has 0 fully saturated rings. The molecule has 104 valence electrons. The number of ether oxygens (including phenoxy) is 2. The van der Waals surface area contributed by atoms with Crippen LogP contribution >= 0.6 is 0 Å². The third kappa shape index (κ3) is 7.68. The summed E-state index contributed by atoms with van der Waals surface area (Å²) in [7, 11) is 3.72. The van der Waals surface area contributed by atoms with E-state index in [-0.39, 0.29) is 18.2 Å². The molecule has 0 rings (SSSR count). The molecule has 0 aliphatic carbocycles. The highest BCUT2D eigenvalue weighted by atomic mass is 16.5. The van der Waals surface area contributed by atoms with Crippen molar-refractivity contribution >= 4 is 0 Å². The summed E-state index contributed by atoms with van der Waals surface area (Å²) >= 11 is 0. The van der Waals surface area contributed by atoms with Gasteiger partial charge in [-0.05, 0) is 33.9 Å². The summed E-state index contributed by atoms with van der Waals surface area (Å²) in [6.07, 6.45) is 0.886. The zero-order valence-electron chi connectivity index (χ0n) is 11.6. The second-order valence-corrected chi connectivity index (χ2v) is 4.84. The summed E-state index contributed by atoms with van der Waals surface area (Å²) in [4.78, 5) is 2.17. The maximum Gasteiger partial charge on any atom is 0.0773 e. The molecule has 0 aromatic rings. The molecule has 0 radical (unpaired) electrons. The summed E-state index contributed by atoms with van der Waals surface area (Å²) in [5.41, 5.74) is 5.79. The van der Waals surface area contributed by atoms with Gasteiger partial charge in [0.25, 0.3) is 0 Å². The van der Waals surface area contributed by atoms with Gasteiger partial charge in [-0.1, -0.05) is 0 Å². The molecule has 0 bridgehead atoms. The summed E-state index contributed by atoms with van der Waals surface area (Å²) < 4.78 is 10.5. The standard InChI is InChI=1S/C12H28N2O3/c1-12(2,16-4)11(13)5-6-14(3)7-9-17-10-8-15/h11,15H,5-10,13H2,1-4H3. The fourth-order valence-electron chi connectivity index (χ4n) is 1.36. The molecule has 0 heterocycles. The molecular formula is C12H28N2O3. The molecule has 0 saturated carbocycles. The maximum atomic E-state index is 8.56. The zero-order valence-corrected chi connectivity index (χ0v) is 11.6. The summed E-state index contributed by atoms with van der Waals surface area (Å²) in [6.45, 7) is 6.89. The Labute approximate surface area is 105 Å². The number of rotatable bonds is 10. The lowest BCUT2D eigenvalue weighted by Gasteiger charge is -2.31. The van der Waals surface area contributed by atoms with Gasteiger partial charge >= 0.3 is 0 Å². The van der Waals surface area contributed by atoms with Crippen LogP contribution in [-0.4, -0.2) is 68.7 Å². The lowest BCUT2D eigenvalue weighted by atomic mass is 9.96. The normalized spacial score (nSPS) is 14.3. The molecule has 0 amide bonds. The van der Waals surface area contributed by atoms with Crippen LogP contribution in [0.3, 0.4) is 0 Å². The Kier molecular flexibility index (Phi) is 8.72. The van der Waals surface area contributed by atoms with Gasteiger partial charge in [-0.2, -0.15) is 0 Å². The lowest BCUT2D eigenvalue weighted by molar-refractivity contribution is -0.00385. The molecule has 0 aliphatic heterocycles. The molecule has 0 aliphatic rings. The Balaban J connectivity index is 3.65. The van der Waals surface area contributed by atoms with Crippen LogP contribution in [0, 0.1) is 0 Å². The molecule has 5 heteroatoms. The number of methoxy groups -OCH3 is 1. The van der Waals surface area contributed by atoms with E-state index in [1.807, 2.05) is 20.9 Å². The Morgan fingerprint density at radius 3 is 2.47 bits per heavy atom. The van der Waals surface area contributed by atoms with Crippen LogP contribution in [0.2, 0.25) is 0 Å². The van der Waals surface area contributed by atoms with Crippen molar-refractivity contribution < 1.29 is 14.6 Å². The zero-order chi connectivity index (χ0) is 13.3. The molecule has 0 saturated heterocycles. The molecule has 0 spiro atoms. The first-order chi connectivity index (χ1) is 7.94. The average molecular weight is 248 g/mol. The number of hydrogen-bond donors (Lipinski definition) is 2. The highest BCUT2D eigenvalue weighted by molar-refractivity contribution is 4.82. The Morgan fingerprint density at radius 2 is 1.94 bits per heavy atom. The molecule has 1 unspecified atom stereocenters. The maximum absolute atomic E-state index is 8.56. The van der Waals surface area contributed by atoms with Gasteiger partial charge in [0, 0.05) is 19.7 Å². The van der Waals surface area contributed by atoms with Gasteiger partial charge in [-0.3, -0.25) is 0 Å². The van der Waals surface area contributed by atoms with Crippen molar-refractivity contribution in [3.63, 3.8) is 0 Å². The van der Waals surface area contributed by atoms with E-state index in [1.54, 1.807) is 7.11 Å². The first-order valence-corrected chi connectivity index (χ1v) is 6.12. The summed E-state index contributed by atoms with van der Waals surface area (Å²) in [5.74, 6) is 0. The molecule has 3 N–H and O–H groups in total. The second kappa shape index (κ2) is 8.83. The van der Waals surface area contributed by atoms with Crippen LogP contribution in [0.25, 0.3) is 0 Å². The van der Waals surface area contributed by atoms with Gasteiger partial charge in [0.2, 0.25) is 0 Å². The Bertz CT molecular complexity index is 189. The number of nitrogens with zero attached hydrogens (tertiary/aromatic N) is 1. The van der Waals surface area contributed by atoms with E-state index in [4.69, 9.17) is 20.3 Å². The SMILES string of the molecule is COC(C)(C)C(N)CCN(C)CCOCCO. The summed E-state index contributed by atoms with van der Waals surface area (Å²) in [5, 5.41) is 8.56. The Morgan fingerprint density at radius 1 is 1.29 bits per heavy atom. The van der Waals surface area contributed by atoms with Gasteiger partial charge in [0.05, 0.1) is 25.4 Å². The number of likely N-dealkylation sites (N-methyl/N-ethyl adjacent to an activating group) is 1. The van der Waals surface area contributed by atoms with E-state index in [2.05, 4.69) is 4.90 Å². The van der Waals surface area contributed by atoms with E-state index in [0.29, 0.717) is 13.2 Å². The van der Waals surface area contributed by atoms with Crippen LogP contribution in [0.1, 0.15) is 20.3 Å². The van der Waals surface area contributed by atoms with Crippen LogP contribution in [0.15, 0.2) is 0 Å². The van der Waals surface area contributed by atoms with Crippen molar-refractivity contribution in [3.8, 4) is 0 Å². The number of aliphatic hydroxyl groups is 1. The van der Waals surface area contributed by atoms with Crippen molar-refractivity contribution in [2.45, 2.75) is 31.9 Å². The van der Waals surface area contributed by atoms with Gasteiger partial charge < -0.3 is 25.2 Å². The number of nitrogens with two attached hydrogens (primary N) is 1. The third-order valence-corrected chi connectivity index (χ3v) is 3.09. The van der Waals surface area contributed by atoms with E-state index in [0.717, 1.165) is 19.5 Å². The van der Waals surface area contributed by atoms with Gasteiger partial charge in [0.1, 0.15) is 0 Å². The monoisotopic (exact) mass is 248 g/mol. The minimum absolute atomic E-state index is 0.0216. The minimum Gasteiger partial charge on any atom is -0.394 e. The molecular weight excluding hydrogens is 220 g/mol.